The van der Waals surface area contributed by atoms with Gasteiger partial charge in [-0.3, -0.25) is 0 Å². The highest BCUT2D eigenvalue weighted by atomic mass is 16.7. The summed E-state index contributed by atoms with van der Waals surface area (Å²) < 4.78 is 21.5. The Morgan fingerprint density at radius 2 is 1.88 bits per heavy atom. The maximum absolute atomic E-state index is 5.42. The van der Waals surface area contributed by atoms with Crippen LogP contribution in [0.5, 0.6) is 23.0 Å². The molecule has 0 spiro atoms. The molecule has 1 aliphatic heterocycles. The van der Waals surface area contributed by atoms with Crippen LogP contribution in [0.15, 0.2) is 36.7 Å². The quantitative estimate of drug-likeness (QED) is 0.730. The summed E-state index contributed by atoms with van der Waals surface area (Å²) in [5.74, 6) is 2.95. The third-order valence-electron chi connectivity index (χ3n) is 4.27. The Labute approximate surface area is 150 Å². The number of benzene rings is 2. The molecule has 0 atom stereocenters. The van der Waals surface area contributed by atoms with Gasteiger partial charge in [-0.05, 0) is 23.8 Å². The van der Waals surface area contributed by atoms with E-state index >= 15 is 0 Å². The van der Waals surface area contributed by atoms with E-state index in [1.807, 2.05) is 30.3 Å². The van der Waals surface area contributed by atoms with Crippen LogP contribution in [0.4, 0.5) is 0 Å². The van der Waals surface area contributed by atoms with Crippen molar-refractivity contribution in [3.8, 4) is 23.0 Å². The number of rotatable bonds is 6. The summed E-state index contributed by atoms with van der Waals surface area (Å²) in [6, 6.07) is 9.67. The first-order chi connectivity index (χ1) is 12.8. The second-order valence-electron chi connectivity index (χ2n) is 5.84. The molecule has 1 aliphatic rings. The molecule has 0 fully saturated rings. The molecule has 1 aromatic heterocycles. The minimum absolute atomic E-state index is 0.281. The first kappa shape index (κ1) is 16.4. The van der Waals surface area contributed by atoms with Gasteiger partial charge in [-0.15, -0.1) is 0 Å². The fourth-order valence-corrected chi connectivity index (χ4v) is 2.95. The van der Waals surface area contributed by atoms with E-state index in [0.29, 0.717) is 24.6 Å². The van der Waals surface area contributed by atoms with Crippen molar-refractivity contribution in [2.24, 2.45) is 0 Å². The van der Waals surface area contributed by atoms with Crippen molar-refractivity contribution >= 4 is 10.9 Å². The van der Waals surface area contributed by atoms with E-state index in [1.165, 1.54) is 0 Å². The predicted molar refractivity (Wildman–Crippen MR) is 95.8 cm³/mol. The lowest BCUT2D eigenvalue weighted by Gasteiger charge is -2.11. The third-order valence-corrected chi connectivity index (χ3v) is 4.27. The second-order valence-corrected chi connectivity index (χ2v) is 5.84. The maximum Gasteiger partial charge on any atom is 0.231 e. The molecule has 2 heterocycles. The molecule has 0 unspecified atom stereocenters. The Hall–Kier alpha value is -3.06. The van der Waals surface area contributed by atoms with Gasteiger partial charge >= 0.3 is 0 Å². The van der Waals surface area contributed by atoms with Gasteiger partial charge in [0.1, 0.15) is 23.3 Å². The van der Waals surface area contributed by atoms with Crippen LogP contribution in [-0.2, 0) is 13.1 Å². The Morgan fingerprint density at radius 1 is 1.00 bits per heavy atom. The molecule has 3 aromatic rings. The van der Waals surface area contributed by atoms with Gasteiger partial charge in [0.2, 0.25) is 6.79 Å². The Balaban J connectivity index is 1.53. The van der Waals surface area contributed by atoms with Crippen molar-refractivity contribution in [1.82, 2.24) is 15.3 Å². The van der Waals surface area contributed by atoms with Gasteiger partial charge in [0.25, 0.3) is 0 Å². The zero-order chi connectivity index (χ0) is 17.9. The van der Waals surface area contributed by atoms with Crippen molar-refractivity contribution in [3.63, 3.8) is 0 Å². The molecule has 1 N–H and O–H groups in total. The molecular weight excluding hydrogens is 334 g/mol. The number of nitrogens with zero attached hydrogens (tertiary/aromatic N) is 2. The monoisotopic (exact) mass is 353 g/mol. The molecule has 0 radical (unpaired) electrons. The van der Waals surface area contributed by atoms with Crippen LogP contribution < -0.4 is 24.3 Å². The first-order valence-electron chi connectivity index (χ1n) is 8.23. The molecule has 4 rings (SSSR count). The second kappa shape index (κ2) is 7.05. The Bertz CT molecular complexity index is 945. The van der Waals surface area contributed by atoms with Gasteiger partial charge in [0, 0.05) is 24.5 Å². The summed E-state index contributed by atoms with van der Waals surface area (Å²) in [6.45, 7) is 1.55. The predicted octanol–water partition coefficient (Wildman–Crippen LogP) is 2.67. The smallest absolute Gasteiger partial charge is 0.231 e. The molecule has 0 aliphatic carbocycles. The zero-order valence-corrected chi connectivity index (χ0v) is 14.6. The number of ether oxygens (including phenoxy) is 4. The van der Waals surface area contributed by atoms with E-state index in [4.69, 9.17) is 18.9 Å². The molecule has 0 amide bonds. The average molecular weight is 353 g/mol. The summed E-state index contributed by atoms with van der Waals surface area (Å²) in [7, 11) is 3.25. The van der Waals surface area contributed by atoms with Gasteiger partial charge in [0.15, 0.2) is 11.5 Å². The highest BCUT2D eigenvalue weighted by Crippen LogP contribution is 2.33. The number of hydrogen-bond acceptors (Lipinski definition) is 7. The molecule has 7 heteroatoms. The highest BCUT2D eigenvalue weighted by molar-refractivity contribution is 5.87. The van der Waals surface area contributed by atoms with Gasteiger partial charge < -0.3 is 24.3 Å². The van der Waals surface area contributed by atoms with Crippen LogP contribution in [-0.4, -0.2) is 31.0 Å². The lowest BCUT2D eigenvalue weighted by molar-refractivity contribution is 0.174. The standard InChI is InChI=1S/C19H19N3O4/c1-23-13-6-14-15(21-10-22-19(14)18(7-13)24-2)9-20-8-12-3-4-16-17(5-12)26-11-25-16/h3-7,10,20H,8-9,11H2,1-2H3. The first-order valence-corrected chi connectivity index (χ1v) is 8.23. The van der Waals surface area contributed by atoms with Crippen LogP contribution in [0.25, 0.3) is 10.9 Å². The van der Waals surface area contributed by atoms with E-state index in [9.17, 15) is 0 Å². The van der Waals surface area contributed by atoms with Crippen molar-refractivity contribution in [1.29, 1.82) is 0 Å². The molecular formula is C19H19N3O4. The van der Waals surface area contributed by atoms with E-state index in [0.717, 1.165) is 33.7 Å². The van der Waals surface area contributed by atoms with E-state index < -0.39 is 0 Å². The number of nitrogens with one attached hydrogen (secondary N) is 1. The summed E-state index contributed by atoms with van der Waals surface area (Å²) in [4.78, 5) is 8.76. The molecule has 7 nitrogen and oxygen atoms in total. The minimum Gasteiger partial charge on any atom is -0.497 e. The maximum atomic E-state index is 5.42. The number of hydrogen-bond donors (Lipinski definition) is 1. The zero-order valence-electron chi connectivity index (χ0n) is 14.6. The fourth-order valence-electron chi connectivity index (χ4n) is 2.95. The van der Waals surface area contributed by atoms with Crippen LogP contribution in [0.2, 0.25) is 0 Å². The van der Waals surface area contributed by atoms with Gasteiger partial charge in [-0.25, -0.2) is 9.97 Å². The highest BCUT2D eigenvalue weighted by Gasteiger charge is 2.14. The van der Waals surface area contributed by atoms with Crippen LogP contribution >= 0.6 is 0 Å². The van der Waals surface area contributed by atoms with Crippen LogP contribution in [0.3, 0.4) is 0 Å². The van der Waals surface area contributed by atoms with Crippen LogP contribution in [0.1, 0.15) is 11.3 Å². The minimum atomic E-state index is 0.281. The molecule has 0 saturated heterocycles. The molecule has 0 bridgehead atoms. The summed E-state index contributed by atoms with van der Waals surface area (Å²) in [6.07, 6.45) is 1.55. The normalized spacial score (nSPS) is 12.4. The number of methoxy groups -OCH3 is 2. The van der Waals surface area contributed by atoms with E-state index in [-0.39, 0.29) is 6.79 Å². The summed E-state index contributed by atoms with van der Waals surface area (Å²) in [5.41, 5.74) is 2.76. The van der Waals surface area contributed by atoms with E-state index in [2.05, 4.69) is 15.3 Å². The summed E-state index contributed by atoms with van der Waals surface area (Å²) >= 11 is 0. The number of fused-ring (bicyclic) bond motifs is 2. The average Bonchev–Trinajstić information content (AvgIpc) is 3.15. The number of aromatic nitrogens is 2. The molecule has 2 aromatic carbocycles. The third kappa shape index (κ3) is 3.09. The molecule has 26 heavy (non-hydrogen) atoms. The topological polar surface area (TPSA) is 74.7 Å². The Kier molecular flexibility index (Phi) is 4.45. The summed E-state index contributed by atoms with van der Waals surface area (Å²) in [5, 5.41) is 4.31. The van der Waals surface area contributed by atoms with E-state index in [1.54, 1.807) is 20.5 Å². The van der Waals surface area contributed by atoms with Gasteiger partial charge in [-0.2, -0.15) is 0 Å². The van der Waals surface area contributed by atoms with Crippen molar-refractivity contribution in [3.05, 3.63) is 47.9 Å². The molecule has 0 saturated carbocycles. The largest absolute Gasteiger partial charge is 0.497 e. The van der Waals surface area contributed by atoms with Gasteiger partial charge in [0.05, 0.1) is 19.9 Å². The Morgan fingerprint density at radius 3 is 2.73 bits per heavy atom. The van der Waals surface area contributed by atoms with Crippen molar-refractivity contribution < 1.29 is 18.9 Å². The van der Waals surface area contributed by atoms with Crippen LogP contribution in [0, 0.1) is 0 Å². The molecule has 134 valence electrons. The lowest BCUT2D eigenvalue weighted by Crippen LogP contribution is -2.14. The van der Waals surface area contributed by atoms with Crippen molar-refractivity contribution in [2.75, 3.05) is 21.0 Å². The lowest BCUT2D eigenvalue weighted by atomic mass is 10.1. The fraction of sp³-hybridized carbons (Fsp3) is 0.263. The SMILES string of the molecule is COc1cc(OC)c2ncnc(CNCc3ccc4c(c3)OCO4)c2c1. The van der Waals surface area contributed by atoms with Gasteiger partial charge in [-0.1, -0.05) is 6.07 Å². The van der Waals surface area contributed by atoms with Crippen molar-refractivity contribution in [2.45, 2.75) is 13.1 Å².